The predicted octanol–water partition coefficient (Wildman–Crippen LogP) is 4.67. The average Bonchev–Trinajstić information content (AvgIpc) is 3.80. The number of pyridine rings is 1. The Labute approximate surface area is 359 Å². The van der Waals surface area contributed by atoms with Crippen LogP contribution in [0, 0.1) is 5.41 Å². The molecule has 0 saturated carbocycles. The van der Waals surface area contributed by atoms with E-state index in [1.807, 2.05) is 25.2 Å². The molecule has 60 heavy (non-hydrogen) atoms. The van der Waals surface area contributed by atoms with Crippen molar-refractivity contribution in [2.24, 2.45) is 10.4 Å². The Kier molecular flexibility index (Phi) is 12.7. The van der Waals surface area contributed by atoms with E-state index in [0.29, 0.717) is 39.4 Å². The molecule has 14 nitrogen and oxygen atoms in total. The smallest absolute Gasteiger partial charge is 0.259 e. The molecule has 0 radical (unpaired) electrons. The summed E-state index contributed by atoms with van der Waals surface area (Å²) in [5.41, 5.74) is 10.4. The monoisotopic (exact) mass is 843 g/mol. The highest BCUT2D eigenvalue weighted by Crippen LogP contribution is 2.43. The summed E-state index contributed by atoms with van der Waals surface area (Å²) < 4.78 is 20.6. The van der Waals surface area contributed by atoms with Gasteiger partial charge in [-0.25, -0.2) is 5.43 Å². The number of aliphatic imine (C=N–C) groups is 1. The van der Waals surface area contributed by atoms with Gasteiger partial charge < -0.3 is 33.9 Å². The molecule has 2 amide bonds. The zero-order valence-electron chi connectivity index (χ0n) is 36.9. The van der Waals surface area contributed by atoms with Crippen molar-refractivity contribution in [1.29, 1.82) is 0 Å². The fourth-order valence-corrected chi connectivity index (χ4v) is 10.5. The summed E-state index contributed by atoms with van der Waals surface area (Å²) in [6.07, 6.45) is 4.67. The molecule has 2 N–H and O–H groups in total. The van der Waals surface area contributed by atoms with Crippen molar-refractivity contribution >= 4 is 45.2 Å². The standard InChI is InChI=1S/C45H65N9O5S/c1-9-53-38-13-12-30-19-33(38)35(41(53)34-20-32(23-46-40(34)29(2)57-8)52-17-15-51(7)16-18-52)22-44(3,4)26-58-24-31-11-10-14-54(49-31)42(55)36(21-39-47-37(30)25-60-39)48-43(56)45(50(5)6)27-59-28-45/h12-13,19-20,23,29,31,36-37,49H,9-11,14-18,21-22,24-28H2,1-8H3,(H,48,56)/t29-,31-,36-,37?/m0/s1. The number of aryl methyl sites for hydroxylation is 1. The van der Waals surface area contributed by atoms with E-state index in [1.165, 1.54) is 22.2 Å². The summed E-state index contributed by atoms with van der Waals surface area (Å²) in [5, 5.41) is 6.96. The Balaban J connectivity index is 1.22. The van der Waals surface area contributed by atoms with Crippen LogP contribution >= 0.6 is 11.8 Å². The highest BCUT2D eigenvalue weighted by atomic mass is 32.2. The molecule has 5 aliphatic heterocycles. The number of anilines is 1. The molecule has 2 aromatic heterocycles. The lowest BCUT2D eigenvalue weighted by Crippen LogP contribution is -2.70. The zero-order valence-corrected chi connectivity index (χ0v) is 37.7. The number of piperazine rings is 1. The number of aromatic nitrogens is 2. The van der Waals surface area contributed by atoms with Crippen LogP contribution < -0.4 is 15.6 Å². The first-order valence-electron chi connectivity index (χ1n) is 21.8. The van der Waals surface area contributed by atoms with Crippen LogP contribution in [0.25, 0.3) is 22.2 Å². The maximum atomic E-state index is 14.4. The number of fused-ring (bicyclic) bond motifs is 5. The van der Waals surface area contributed by atoms with E-state index in [4.69, 9.17) is 24.2 Å². The van der Waals surface area contributed by atoms with Crippen LogP contribution in [0.5, 0.6) is 0 Å². The molecule has 7 heterocycles. The SMILES string of the molecule is CCn1c(-c2cc(N3CCN(C)CC3)cnc2[C@H](C)OC)c2c3cc(ccc31)C1CSC(=N1)C[C@H](NC(=O)C1(N(C)C)COC1)C(=O)N1CCC[C@@H](COCC(C)(C)C2)N1. The summed E-state index contributed by atoms with van der Waals surface area (Å²) in [6.45, 7) is 15.8. The van der Waals surface area contributed by atoms with Gasteiger partial charge in [-0.2, -0.15) is 0 Å². The Morgan fingerprint density at radius 3 is 2.60 bits per heavy atom. The normalized spacial score (nSPS) is 25.5. The molecule has 326 valence electrons. The second-order valence-corrected chi connectivity index (χ2v) is 19.5. The predicted molar refractivity (Wildman–Crippen MR) is 239 cm³/mol. The second kappa shape index (κ2) is 17.7. The number of nitrogens with zero attached hydrogens (tertiary/aromatic N) is 7. The van der Waals surface area contributed by atoms with E-state index in [0.717, 1.165) is 85.3 Å². The van der Waals surface area contributed by atoms with E-state index < -0.39 is 11.6 Å². The molecule has 1 unspecified atom stereocenters. The maximum Gasteiger partial charge on any atom is 0.259 e. The van der Waals surface area contributed by atoms with Gasteiger partial charge >= 0.3 is 0 Å². The Hall–Kier alpha value is -3.57. The average molecular weight is 844 g/mol. The number of rotatable bonds is 8. The highest BCUT2D eigenvalue weighted by molar-refractivity contribution is 8.14. The van der Waals surface area contributed by atoms with Crippen molar-refractivity contribution in [3.63, 3.8) is 0 Å². The van der Waals surface area contributed by atoms with Crippen LogP contribution in [-0.2, 0) is 36.8 Å². The van der Waals surface area contributed by atoms with Crippen LogP contribution in [0.15, 0.2) is 35.5 Å². The van der Waals surface area contributed by atoms with Gasteiger partial charge in [0.1, 0.15) is 11.6 Å². The number of carbonyl (C=O) groups excluding carboxylic acids is 2. The topological polar surface area (TPSA) is 129 Å². The molecule has 3 aromatic rings. The first kappa shape index (κ1) is 43.1. The summed E-state index contributed by atoms with van der Waals surface area (Å²) in [7, 11) is 7.72. The number of likely N-dealkylation sites (N-methyl/N-ethyl adjacent to an activating group) is 2. The number of hydrogen-bond donors (Lipinski definition) is 2. The van der Waals surface area contributed by atoms with Gasteiger partial charge in [0.15, 0.2) is 0 Å². The minimum absolute atomic E-state index is 0.0361. The van der Waals surface area contributed by atoms with Gasteiger partial charge in [-0.1, -0.05) is 19.9 Å². The quantitative estimate of drug-likeness (QED) is 0.329. The molecule has 3 fully saturated rings. The van der Waals surface area contributed by atoms with E-state index >= 15 is 0 Å². The third-order valence-electron chi connectivity index (χ3n) is 13.3. The van der Waals surface area contributed by atoms with Gasteiger partial charge in [0.25, 0.3) is 5.91 Å². The summed E-state index contributed by atoms with van der Waals surface area (Å²) in [6, 6.07) is 8.31. The van der Waals surface area contributed by atoms with Gasteiger partial charge in [0.2, 0.25) is 5.91 Å². The minimum Gasteiger partial charge on any atom is -0.379 e. The zero-order chi connectivity index (χ0) is 42.3. The molecule has 5 aliphatic rings. The number of nitrogens with one attached hydrogen (secondary N) is 2. The third-order valence-corrected chi connectivity index (χ3v) is 14.4. The van der Waals surface area contributed by atoms with Crippen LogP contribution in [-0.4, -0.2) is 152 Å². The lowest BCUT2D eigenvalue weighted by Gasteiger charge is -2.45. The fourth-order valence-electron chi connectivity index (χ4n) is 9.39. The molecule has 3 saturated heterocycles. The fraction of sp³-hybridized carbons (Fsp3) is 0.644. The number of benzene rings is 1. The lowest BCUT2D eigenvalue weighted by atomic mass is 9.84. The van der Waals surface area contributed by atoms with Gasteiger partial charge in [-0.05, 0) is 89.0 Å². The molecule has 15 heteroatoms. The summed E-state index contributed by atoms with van der Waals surface area (Å²) in [4.78, 5) is 45.5. The number of carbonyl (C=O) groups is 2. The van der Waals surface area contributed by atoms with Crippen molar-refractivity contribution in [2.75, 3.05) is 98.1 Å². The van der Waals surface area contributed by atoms with E-state index in [-0.39, 0.29) is 35.4 Å². The molecule has 4 atom stereocenters. The van der Waals surface area contributed by atoms with Gasteiger partial charge in [0.05, 0.1) is 66.9 Å². The Morgan fingerprint density at radius 2 is 1.90 bits per heavy atom. The lowest BCUT2D eigenvalue weighted by molar-refractivity contribution is -0.166. The Morgan fingerprint density at radius 1 is 1.12 bits per heavy atom. The van der Waals surface area contributed by atoms with Crippen molar-refractivity contribution in [2.45, 2.75) is 89.7 Å². The van der Waals surface area contributed by atoms with Gasteiger partial charge in [-0.3, -0.25) is 29.5 Å². The van der Waals surface area contributed by atoms with Crippen LogP contribution in [0.3, 0.4) is 0 Å². The van der Waals surface area contributed by atoms with E-state index in [2.05, 4.69) is 84.1 Å². The molecular weight excluding hydrogens is 779 g/mol. The van der Waals surface area contributed by atoms with Gasteiger partial charge in [-0.15, -0.1) is 11.8 Å². The van der Waals surface area contributed by atoms with Crippen molar-refractivity contribution < 1.29 is 23.8 Å². The molecule has 0 spiro atoms. The highest BCUT2D eigenvalue weighted by Gasteiger charge is 2.49. The first-order chi connectivity index (χ1) is 28.8. The van der Waals surface area contributed by atoms with Crippen molar-refractivity contribution in [1.82, 2.24) is 35.1 Å². The van der Waals surface area contributed by atoms with Crippen LogP contribution in [0.1, 0.15) is 75.9 Å². The summed E-state index contributed by atoms with van der Waals surface area (Å²) >= 11 is 1.68. The number of amides is 2. The number of methoxy groups -OCH3 is 1. The number of ether oxygens (including phenoxy) is 3. The number of hydrogen-bond acceptors (Lipinski definition) is 12. The van der Waals surface area contributed by atoms with Crippen molar-refractivity contribution in [3.8, 4) is 11.3 Å². The molecule has 0 aliphatic carbocycles. The van der Waals surface area contributed by atoms with Crippen LogP contribution in [0.4, 0.5) is 5.69 Å². The van der Waals surface area contributed by atoms with Crippen LogP contribution in [0.2, 0.25) is 0 Å². The van der Waals surface area contributed by atoms with E-state index in [9.17, 15) is 9.59 Å². The second-order valence-electron chi connectivity index (χ2n) is 18.5. The van der Waals surface area contributed by atoms with E-state index in [1.54, 1.807) is 23.9 Å². The van der Waals surface area contributed by atoms with Crippen molar-refractivity contribution in [3.05, 3.63) is 47.3 Å². The minimum atomic E-state index is -0.802. The molecular formula is C45H65N9O5S. The molecule has 1 aromatic carbocycles. The number of hydrazine groups is 1. The first-order valence-corrected chi connectivity index (χ1v) is 22.8. The molecule has 6 bridgehead atoms. The maximum absolute atomic E-state index is 14.4. The largest absolute Gasteiger partial charge is 0.379 e. The third kappa shape index (κ3) is 8.47. The Bertz CT molecular complexity index is 2090. The van der Waals surface area contributed by atoms with Gasteiger partial charge in [0, 0.05) is 81.1 Å². The summed E-state index contributed by atoms with van der Waals surface area (Å²) in [5.74, 6) is 0.417. The number of thioether (sulfide) groups is 1. The molecule has 8 rings (SSSR count).